The maximum absolute atomic E-state index is 9.94. The summed E-state index contributed by atoms with van der Waals surface area (Å²) in [4.78, 5) is 19.5. The standard InChI is InChI=1S/C6H6O3/c1-5(6(8)9)3-2-4-7/h2-4H,1H2,(H,8,9). The molecule has 0 amide bonds. The van der Waals surface area contributed by atoms with E-state index in [1.165, 1.54) is 0 Å². The van der Waals surface area contributed by atoms with Crippen molar-refractivity contribution < 1.29 is 14.7 Å². The number of hydrogen-bond acceptors (Lipinski definition) is 2. The number of carbonyl (C=O) groups is 2. The molecule has 3 nitrogen and oxygen atoms in total. The van der Waals surface area contributed by atoms with E-state index in [-0.39, 0.29) is 5.57 Å². The molecule has 0 saturated heterocycles. The van der Waals surface area contributed by atoms with Crippen LogP contribution in [0, 0.1) is 0 Å². The highest BCUT2D eigenvalue weighted by molar-refractivity contribution is 5.90. The minimum Gasteiger partial charge on any atom is -0.478 e. The number of carboxylic acids is 1. The van der Waals surface area contributed by atoms with Crippen molar-refractivity contribution in [2.75, 3.05) is 0 Å². The maximum Gasteiger partial charge on any atom is 0.335 e. The first kappa shape index (κ1) is 7.62. The predicted octanol–water partition coefficient (Wildman–Crippen LogP) is 0.382. The van der Waals surface area contributed by atoms with Crippen molar-refractivity contribution in [3.63, 3.8) is 0 Å². The molecule has 0 fully saturated rings. The minimum absolute atomic E-state index is 0.0953. The van der Waals surface area contributed by atoms with E-state index in [4.69, 9.17) is 5.11 Å². The van der Waals surface area contributed by atoms with Crippen molar-refractivity contribution >= 4 is 12.3 Å². The van der Waals surface area contributed by atoms with Gasteiger partial charge in [0.1, 0.15) is 6.29 Å². The second kappa shape index (κ2) is 3.60. The number of hydrogen-bond donors (Lipinski definition) is 1. The van der Waals surface area contributed by atoms with Gasteiger partial charge in [0, 0.05) is 0 Å². The molecule has 0 aromatic heterocycles. The fourth-order valence-electron chi connectivity index (χ4n) is 0.227. The number of carbonyl (C=O) groups excluding carboxylic acids is 1. The molecular weight excluding hydrogens is 120 g/mol. The molecule has 48 valence electrons. The van der Waals surface area contributed by atoms with E-state index < -0.39 is 5.97 Å². The first-order valence-electron chi connectivity index (χ1n) is 2.22. The van der Waals surface area contributed by atoms with Crippen LogP contribution in [-0.2, 0) is 9.59 Å². The Morgan fingerprint density at radius 2 is 2.11 bits per heavy atom. The van der Waals surface area contributed by atoms with Crippen molar-refractivity contribution in [2.45, 2.75) is 0 Å². The van der Waals surface area contributed by atoms with Crippen LogP contribution in [0.3, 0.4) is 0 Å². The average Bonchev–Trinajstić information content (AvgIpc) is 1.82. The van der Waals surface area contributed by atoms with Gasteiger partial charge in [-0.15, -0.1) is 0 Å². The van der Waals surface area contributed by atoms with Gasteiger partial charge in [-0.2, -0.15) is 0 Å². The Labute approximate surface area is 52.3 Å². The van der Waals surface area contributed by atoms with Crippen LogP contribution >= 0.6 is 0 Å². The van der Waals surface area contributed by atoms with E-state index in [2.05, 4.69) is 6.58 Å². The summed E-state index contributed by atoms with van der Waals surface area (Å²) in [7, 11) is 0. The fourth-order valence-corrected chi connectivity index (χ4v) is 0.227. The summed E-state index contributed by atoms with van der Waals surface area (Å²) in [6, 6.07) is 0. The summed E-state index contributed by atoms with van der Waals surface area (Å²) in [5.41, 5.74) is -0.0953. The molecule has 0 aromatic carbocycles. The van der Waals surface area contributed by atoms with Crippen LogP contribution in [0.2, 0.25) is 0 Å². The molecule has 0 spiro atoms. The van der Waals surface area contributed by atoms with Gasteiger partial charge in [0.15, 0.2) is 0 Å². The number of aldehydes is 1. The third kappa shape index (κ3) is 3.22. The molecule has 0 aliphatic rings. The Balaban J connectivity index is 3.92. The second-order valence-electron chi connectivity index (χ2n) is 1.33. The zero-order valence-corrected chi connectivity index (χ0v) is 4.70. The van der Waals surface area contributed by atoms with Crippen LogP contribution in [0.25, 0.3) is 0 Å². The van der Waals surface area contributed by atoms with E-state index in [0.717, 1.165) is 12.2 Å². The lowest BCUT2D eigenvalue weighted by Gasteiger charge is -1.84. The van der Waals surface area contributed by atoms with Gasteiger partial charge < -0.3 is 5.11 Å². The lowest BCUT2D eigenvalue weighted by atomic mass is 10.3. The zero-order chi connectivity index (χ0) is 7.28. The molecule has 0 rings (SSSR count). The van der Waals surface area contributed by atoms with Crippen LogP contribution < -0.4 is 0 Å². The highest BCUT2D eigenvalue weighted by Crippen LogP contribution is 1.89. The largest absolute Gasteiger partial charge is 0.478 e. The van der Waals surface area contributed by atoms with Crippen molar-refractivity contribution in [1.82, 2.24) is 0 Å². The number of carboxylic acid groups (broad SMARTS) is 1. The highest BCUT2D eigenvalue weighted by Gasteiger charge is 1.95. The lowest BCUT2D eigenvalue weighted by Crippen LogP contribution is -1.94. The topological polar surface area (TPSA) is 54.4 Å². The van der Waals surface area contributed by atoms with Crippen molar-refractivity contribution in [3.05, 3.63) is 24.3 Å². The van der Waals surface area contributed by atoms with Crippen molar-refractivity contribution in [1.29, 1.82) is 0 Å². The zero-order valence-electron chi connectivity index (χ0n) is 4.70. The molecular formula is C6H6O3. The molecule has 0 saturated carbocycles. The minimum atomic E-state index is -1.12. The van der Waals surface area contributed by atoms with Crippen LogP contribution in [0.5, 0.6) is 0 Å². The predicted molar refractivity (Wildman–Crippen MR) is 32.0 cm³/mol. The van der Waals surface area contributed by atoms with Crippen molar-refractivity contribution in [3.8, 4) is 0 Å². The molecule has 0 atom stereocenters. The summed E-state index contributed by atoms with van der Waals surface area (Å²) >= 11 is 0. The summed E-state index contributed by atoms with van der Waals surface area (Å²) in [6.07, 6.45) is 2.71. The van der Waals surface area contributed by atoms with Gasteiger partial charge in [-0.05, 0) is 12.2 Å². The van der Waals surface area contributed by atoms with E-state index in [1.807, 2.05) is 0 Å². The van der Waals surface area contributed by atoms with Crippen LogP contribution in [0.15, 0.2) is 24.3 Å². The van der Waals surface area contributed by atoms with Crippen LogP contribution in [0.1, 0.15) is 0 Å². The molecule has 3 heteroatoms. The van der Waals surface area contributed by atoms with E-state index in [1.54, 1.807) is 0 Å². The molecule has 0 radical (unpaired) electrons. The maximum atomic E-state index is 9.94. The lowest BCUT2D eigenvalue weighted by molar-refractivity contribution is -0.132. The quantitative estimate of drug-likeness (QED) is 0.338. The molecule has 0 heterocycles. The smallest absolute Gasteiger partial charge is 0.335 e. The second-order valence-corrected chi connectivity index (χ2v) is 1.33. The highest BCUT2D eigenvalue weighted by atomic mass is 16.4. The molecule has 0 aliphatic carbocycles. The Bertz CT molecular complexity index is 167. The van der Waals surface area contributed by atoms with E-state index in [9.17, 15) is 9.59 Å². The summed E-state index contributed by atoms with van der Waals surface area (Å²) in [5, 5.41) is 8.14. The first-order valence-corrected chi connectivity index (χ1v) is 2.22. The summed E-state index contributed by atoms with van der Waals surface area (Å²) in [5.74, 6) is -1.12. The summed E-state index contributed by atoms with van der Waals surface area (Å²) < 4.78 is 0. The molecule has 0 aromatic rings. The van der Waals surface area contributed by atoms with Crippen molar-refractivity contribution in [2.24, 2.45) is 0 Å². The Morgan fingerprint density at radius 3 is 2.44 bits per heavy atom. The van der Waals surface area contributed by atoms with Gasteiger partial charge in [0.05, 0.1) is 5.57 Å². The molecule has 1 N–H and O–H groups in total. The van der Waals surface area contributed by atoms with E-state index in [0.29, 0.717) is 6.29 Å². The normalized spacial score (nSPS) is 9.33. The van der Waals surface area contributed by atoms with E-state index >= 15 is 0 Å². The van der Waals surface area contributed by atoms with Gasteiger partial charge in [-0.25, -0.2) is 4.79 Å². The fraction of sp³-hybridized carbons (Fsp3) is 0. The molecule has 0 aliphatic heterocycles. The van der Waals surface area contributed by atoms with Gasteiger partial charge in [0.25, 0.3) is 0 Å². The Morgan fingerprint density at radius 1 is 1.56 bits per heavy atom. The van der Waals surface area contributed by atoms with Gasteiger partial charge >= 0.3 is 5.97 Å². The summed E-state index contributed by atoms with van der Waals surface area (Å²) in [6.45, 7) is 3.15. The van der Waals surface area contributed by atoms with Gasteiger partial charge in [-0.1, -0.05) is 6.58 Å². The van der Waals surface area contributed by atoms with Crippen LogP contribution in [0.4, 0.5) is 0 Å². The molecule has 9 heavy (non-hydrogen) atoms. The third-order valence-electron chi connectivity index (χ3n) is 0.651. The number of aliphatic carboxylic acids is 1. The van der Waals surface area contributed by atoms with Gasteiger partial charge in [-0.3, -0.25) is 4.79 Å². The Kier molecular flexibility index (Phi) is 3.05. The first-order chi connectivity index (χ1) is 4.18. The van der Waals surface area contributed by atoms with Crippen LogP contribution in [-0.4, -0.2) is 17.4 Å². The Hall–Kier alpha value is -1.38. The SMILES string of the molecule is C=C(C=CC=O)C(=O)O. The monoisotopic (exact) mass is 126 g/mol. The number of rotatable bonds is 3. The third-order valence-corrected chi connectivity index (χ3v) is 0.651. The average molecular weight is 126 g/mol. The molecule has 0 unspecified atom stereocenters. The van der Waals surface area contributed by atoms with Gasteiger partial charge in [0.2, 0.25) is 0 Å². The number of allylic oxidation sites excluding steroid dienone is 1. The molecule has 0 bridgehead atoms.